The fourth-order valence-electron chi connectivity index (χ4n) is 3.05. The van der Waals surface area contributed by atoms with E-state index in [0.717, 1.165) is 16.7 Å². The van der Waals surface area contributed by atoms with Crippen molar-refractivity contribution in [2.24, 2.45) is 0 Å². The zero-order valence-corrected chi connectivity index (χ0v) is 17.0. The van der Waals surface area contributed by atoms with E-state index < -0.39 is 0 Å². The number of nitrogens with zero attached hydrogens (tertiary/aromatic N) is 5. The molecule has 1 aromatic carbocycles. The maximum atomic E-state index is 9.38. The highest BCUT2D eigenvalue weighted by Gasteiger charge is 2.18. The number of aliphatic hydroxyl groups is 2. The second kappa shape index (κ2) is 9.53. The van der Waals surface area contributed by atoms with E-state index in [0.29, 0.717) is 37.0 Å². The van der Waals surface area contributed by atoms with Crippen molar-refractivity contribution in [3.63, 3.8) is 0 Å². The van der Waals surface area contributed by atoms with Gasteiger partial charge in [-0.1, -0.05) is 12.1 Å². The molecule has 0 aliphatic carbocycles. The van der Waals surface area contributed by atoms with E-state index in [9.17, 15) is 10.2 Å². The number of ether oxygens (including phenoxy) is 1. The SMILES string of the molecule is COc1ccc(CNc2nc(N(CCO)CCO)nc3c2cnn3C(C)C)cc1. The summed E-state index contributed by atoms with van der Waals surface area (Å²) < 4.78 is 7.05. The predicted octanol–water partition coefficient (Wildman–Crippen LogP) is 1.82. The summed E-state index contributed by atoms with van der Waals surface area (Å²) in [5, 5.41) is 27.4. The van der Waals surface area contributed by atoms with Crippen molar-refractivity contribution in [1.29, 1.82) is 0 Å². The third-order valence-electron chi connectivity index (χ3n) is 4.57. The number of hydrogen-bond acceptors (Lipinski definition) is 8. The molecule has 156 valence electrons. The normalized spacial score (nSPS) is 11.2. The Labute approximate surface area is 170 Å². The number of benzene rings is 1. The van der Waals surface area contributed by atoms with Gasteiger partial charge in [-0.25, -0.2) is 4.68 Å². The zero-order valence-electron chi connectivity index (χ0n) is 17.0. The van der Waals surface area contributed by atoms with Crippen LogP contribution in [0.5, 0.6) is 5.75 Å². The van der Waals surface area contributed by atoms with E-state index in [-0.39, 0.29) is 19.3 Å². The lowest BCUT2D eigenvalue weighted by Gasteiger charge is -2.22. The van der Waals surface area contributed by atoms with Crippen LogP contribution < -0.4 is 15.0 Å². The molecule has 2 aromatic heterocycles. The lowest BCUT2D eigenvalue weighted by Crippen LogP contribution is -2.31. The highest BCUT2D eigenvalue weighted by molar-refractivity contribution is 5.87. The first-order valence-corrected chi connectivity index (χ1v) is 9.66. The minimum absolute atomic E-state index is 0.0561. The number of aromatic nitrogens is 4. The minimum atomic E-state index is -0.0561. The van der Waals surface area contributed by atoms with Gasteiger partial charge in [-0.3, -0.25) is 0 Å². The van der Waals surface area contributed by atoms with Crippen molar-refractivity contribution in [3.8, 4) is 5.75 Å². The molecule has 0 amide bonds. The molecule has 3 rings (SSSR count). The smallest absolute Gasteiger partial charge is 0.229 e. The molecule has 0 saturated heterocycles. The fourth-order valence-corrected chi connectivity index (χ4v) is 3.05. The van der Waals surface area contributed by atoms with Gasteiger partial charge in [0.25, 0.3) is 0 Å². The van der Waals surface area contributed by atoms with Crippen molar-refractivity contribution in [1.82, 2.24) is 19.7 Å². The quantitative estimate of drug-likeness (QED) is 0.473. The number of nitrogens with one attached hydrogen (secondary N) is 1. The van der Waals surface area contributed by atoms with Gasteiger partial charge in [0.05, 0.1) is 31.9 Å². The molecule has 9 nitrogen and oxygen atoms in total. The highest BCUT2D eigenvalue weighted by Crippen LogP contribution is 2.26. The molecule has 0 fully saturated rings. The Hall–Kier alpha value is -2.91. The molecule has 0 atom stereocenters. The lowest BCUT2D eigenvalue weighted by molar-refractivity contribution is 0.280. The zero-order chi connectivity index (χ0) is 20.8. The summed E-state index contributed by atoms with van der Waals surface area (Å²) in [6.45, 7) is 5.21. The summed E-state index contributed by atoms with van der Waals surface area (Å²) in [4.78, 5) is 11.1. The van der Waals surface area contributed by atoms with E-state index in [2.05, 4.69) is 20.4 Å². The Bertz CT molecular complexity index is 920. The Morgan fingerprint density at radius 3 is 2.38 bits per heavy atom. The van der Waals surface area contributed by atoms with Crippen LogP contribution in [-0.4, -0.2) is 63.4 Å². The topological polar surface area (TPSA) is 109 Å². The summed E-state index contributed by atoms with van der Waals surface area (Å²) in [6.07, 6.45) is 1.76. The molecule has 9 heteroatoms. The third kappa shape index (κ3) is 4.75. The van der Waals surface area contributed by atoms with Crippen LogP contribution in [0.15, 0.2) is 30.5 Å². The summed E-state index contributed by atoms with van der Waals surface area (Å²) in [5.74, 6) is 1.91. The second-order valence-corrected chi connectivity index (χ2v) is 6.93. The predicted molar refractivity (Wildman–Crippen MR) is 112 cm³/mol. The molecule has 0 bridgehead atoms. The van der Waals surface area contributed by atoms with E-state index in [1.165, 1.54) is 0 Å². The largest absolute Gasteiger partial charge is 0.497 e. The van der Waals surface area contributed by atoms with Gasteiger partial charge < -0.3 is 25.2 Å². The number of aliphatic hydroxyl groups excluding tert-OH is 2. The summed E-state index contributed by atoms with van der Waals surface area (Å²) in [5.41, 5.74) is 1.79. The van der Waals surface area contributed by atoms with Crippen LogP contribution in [0.25, 0.3) is 11.0 Å². The van der Waals surface area contributed by atoms with Gasteiger partial charge in [-0.05, 0) is 31.5 Å². The molecular formula is C20H28N6O3. The Morgan fingerprint density at radius 2 is 1.79 bits per heavy atom. The van der Waals surface area contributed by atoms with Crippen molar-refractivity contribution in [2.45, 2.75) is 26.4 Å². The molecule has 3 N–H and O–H groups in total. The average Bonchev–Trinajstić information content (AvgIpc) is 3.16. The Balaban J connectivity index is 1.96. The third-order valence-corrected chi connectivity index (χ3v) is 4.57. The molecule has 0 unspecified atom stereocenters. The maximum absolute atomic E-state index is 9.38. The van der Waals surface area contributed by atoms with E-state index in [1.54, 1.807) is 18.2 Å². The fraction of sp³-hybridized carbons (Fsp3) is 0.450. The molecule has 0 radical (unpaired) electrons. The monoisotopic (exact) mass is 400 g/mol. The van der Waals surface area contributed by atoms with Gasteiger partial charge in [0.1, 0.15) is 11.6 Å². The van der Waals surface area contributed by atoms with Crippen LogP contribution in [0.4, 0.5) is 11.8 Å². The van der Waals surface area contributed by atoms with Gasteiger partial charge in [-0.15, -0.1) is 0 Å². The van der Waals surface area contributed by atoms with Gasteiger partial charge in [-0.2, -0.15) is 15.1 Å². The molecule has 29 heavy (non-hydrogen) atoms. The Kier molecular flexibility index (Phi) is 6.84. The van der Waals surface area contributed by atoms with Crippen LogP contribution in [0.1, 0.15) is 25.5 Å². The lowest BCUT2D eigenvalue weighted by atomic mass is 10.2. The molecule has 2 heterocycles. The summed E-state index contributed by atoms with van der Waals surface area (Å²) in [6, 6.07) is 7.95. The molecular weight excluding hydrogens is 372 g/mol. The van der Waals surface area contributed by atoms with Crippen LogP contribution >= 0.6 is 0 Å². The van der Waals surface area contributed by atoms with Crippen LogP contribution in [0.3, 0.4) is 0 Å². The summed E-state index contributed by atoms with van der Waals surface area (Å²) >= 11 is 0. The number of rotatable bonds is 10. The number of methoxy groups -OCH3 is 1. The number of hydrogen-bond donors (Lipinski definition) is 3. The molecule has 3 aromatic rings. The minimum Gasteiger partial charge on any atom is -0.497 e. The van der Waals surface area contributed by atoms with E-state index >= 15 is 0 Å². The molecule has 0 aliphatic heterocycles. The number of anilines is 2. The molecule has 0 aliphatic rings. The average molecular weight is 400 g/mol. The second-order valence-electron chi connectivity index (χ2n) is 6.93. The van der Waals surface area contributed by atoms with Crippen molar-refractivity contribution in [2.75, 3.05) is 43.6 Å². The van der Waals surface area contributed by atoms with Gasteiger partial charge in [0.2, 0.25) is 5.95 Å². The van der Waals surface area contributed by atoms with Gasteiger partial charge in [0, 0.05) is 25.7 Å². The first-order chi connectivity index (χ1) is 14.1. The van der Waals surface area contributed by atoms with Crippen LogP contribution in [-0.2, 0) is 6.54 Å². The van der Waals surface area contributed by atoms with Crippen LogP contribution in [0, 0.1) is 0 Å². The van der Waals surface area contributed by atoms with Crippen molar-refractivity contribution < 1.29 is 14.9 Å². The van der Waals surface area contributed by atoms with Crippen molar-refractivity contribution in [3.05, 3.63) is 36.0 Å². The van der Waals surface area contributed by atoms with E-state index in [1.807, 2.05) is 42.8 Å². The van der Waals surface area contributed by atoms with E-state index in [4.69, 9.17) is 4.74 Å². The van der Waals surface area contributed by atoms with Gasteiger partial charge >= 0.3 is 0 Å². The molecule has 0 spiro atoms. The first kappa shape index (κ1) is 20.8. The maximum Gasteiger partial charge on any atom is 0.229 e. The Morgan fingerprint density at radius 1 is 1.10 bits per heavy atom. The van der Waals surface area contributed by atoms with Crippen molar-refractivity contribution >= 4 is 22.8 Å². The first-order valence-electron chi connectivity index (χ1n) is 9.66. The molecule has 0 saturated carbocycles. The highest BCUT2D eigenvalue weighted by atomic mass is 16.5. The number of fused-ring (bicyclic) bond motifs is 1. The van der Waals surface area contributed by atoms with Crippen LogP contribution in [0.2, 0.25) is 0 Å². The summed E-state index contributed by atoms with van der Waals surface area (Å²) in [7, 11) is 1.64. The standard InChI is InChI=1S/C20H28N6O3/c1-14(2)26-19-17(13-22-26)18(21-12-15-4-6-16(29-3)7-5-15)23-20(24-19)25(8-10-27)9-11-28/h4-7,13-14,27-28H,8-12H2,1-3H3,(H,21,23,24). The van der Waals surface area contributed by atoms with Gasteiger partial charge in [0.15, 0.2) is 5.65 Å².